The van der Waals surface area contributed by atoms with Crippen molar-refractivity contribution in [1.29, 1.82) is 0 Å². The Bertz CT molecular complexity index is 952. The van der Waals surface area contributed by atoms with Gasteiger partial charge in [0.15, 0.2) is 0 Å². The molecule has 0 bridgehead atoms. The van der Waals surface area contributed by atoms with Crippen molar-refractivity contribution < 1.29 is 29.0 Å². The normalized spacial score (nSPS) is 13.5. The molecule has 0 radical (unpaired) electrons. The highest BCUT2D eigenvalue weighted by Crippen LogP contribution is 2.44. The van der Waals surface area contributed by atoms with E-state index < -0.39 is 29.8 Å². The number of ether oxygens (including phenoxy) is 2. The van der Waals surface area contributed by atoms with Gasteiger partial charge in [0, 0.05) is 12.5 Å². The van der Waals surface area contributed by atoms with E-state index in [1.165, 1.54) is 0 Å². The predicted octanol–water partition coefficient (Wildman–Crippen LogP) is 2.56. The molecule has 1 aliphatic carbocycles. The molecule has 8 nitrogen and oxygen atoms in total. The summed E-state index contributed by atoms with van der Waals surface area (Å²) < 4.78 is 10.4. The zero-order chi connectivity index (χ0) is 23.3. The summed E-state index contributed by atoms with van der Waals surface area (Å²) in [6.07, 6.45) is -1.61. The minimum atomic E-state index is -1.47. The first-order chi connectivity index (χ1) is 15.2. The Morgan fingerprint density at radius 2 is 1.53 bits per heavy atom. The number of fused-ring (bicyclic) bond motifs is 3. The van der Waals surface area contributed by atoms with Crippen LogP contribution in [-0.4, -0.2) is 43.0 Å². The highest BCUT2D eigenvalue weighted by molar-refractivity contribution is 5.80. The number of amides is 2. The van der Waals surface area contributed by atoms with Gasteiger partial charge in [-0.15, -0.1) is 0 Å². The monoisotopic (exact) mass is 439 g/mol. The Hall–Kier alpha value is -3.55. The molecule has 1 aliphatic rings. The fourth-order valence-corrected chi connectivity index (χ4v) is 3.66. The molecule has 0 saturated carbocycles. The summed E-state index contributed by atoms with van der Waals surface area (Å²) >= 11 is 0. The number of hydrogen-bond acceptors (Lipinski definition) is 6. The summed E-state index contributed by atoms with van der Waals surface area (Å²) in [7, 11) is 0. The molecule has 32 heavy (non-hydrogen) atoms. The van der Waals surface area contributed by atoms with Crippen LogP contribution in [-0.2, 0) is 14.3 Å². The number of carbonyl (C=O) groups is 3. The Morgan fingerprint density at radius 1 is 0.969 bits per heavy atom. The molecule has 2 aromatic carbocycles. The Labute approximate surface area is 186 Å². The maximum atomic E-state index is 12.3. The van der Waals surface area contributed by atoms with E-state index in [1.54, 1.807) is 20.8 Å². The van der Waals surface area contributed by atoms with Crippen molar-refractivity contribution >= 4 is 18.2 Å². The third kappa shape index (κ3) is 5.78. The van der Waals surface area contributed by atoms with Gasteiger partial charge >= 0.3 is 12.2 Å². The van der Waals surface area contributed by atoms with Gasteiger partial charge in [-0.3, -0.25) is 0 Å². The number of hydrogen-bond donors (Lipinski definition) is 2. The highest BCUT2D eigenvalue weighted by Gasteiger charge is 2.29. The van der Waals surface area contributed by atoms with Crippen LogP contribution >= 0.6 is 0 Å². The summed E-state index contributed by atoms with van der Waals surface area (Å²) in [5.74, 6) is -1.60. The number of carboxylic acids is 1. The molecule has 0 unspecified atom stereocenters. The quantitative estimate of drug-likeness (QED) is 0.685. The maximum Gasteiger partial charge on any atom is 0.407 e. The molecule has 0 aliphatic heterocycles. The topological polar surface area (TPSA) is 117 Å². The molecular weight excluding hydrogens is 412 g/mol. The fourth-order valence-electron chi connectivity index (χ4n) is 3.66. The second-order valence-corrected chi connectivity index (χ2v) is 8.56. The van der Waals surface area contributed by atoms with E-state index >= 15 is 0 Å². The molecule has 0 aromatic heterocycles. The van der Waals surface area contributed by atoms with Crippen LogP contribution in [0, 0.1) is 0 Å². The average molecular weight is 439 g/mol. The van der Waals surface area contributed by atoms with Crippen molar-refractivity contribution in [3.63, 3.8) is 0 Å². The van der Waals surface area contributed by atoms with E-state index in [0.717, 1.165) is 22.3 Å². The summed E-state index contributed by atoms with van der Waals surface area (Å²) in [6.45, 7) is 5.20. The molecule has 3 rings (SSSR count). The van der Waals surface area contributed by atoms with Gasteiger partial charge in [-0.05, 0) is 49.4 Å². The van der Waals surface area contributed by atoms with Crippen molar-refractivity contribution in [2.75, 3.05) is 13.2 Å². The van der Waals surface area contributed by atoms with Crippen LogP contribution in [0.2, 0.25) is 0 Å². The fraction of sp³-hybridized carbons (Fsp3) is 0.375. The molecule has 0 heterocycles. The van der Waals surface area contributed by atoms with E-state index in [0.29, 0.717) is 0 Å². The van der Waals surface area contributed by atoms with Gasteiger partial charge in [-0.2, -0.15) is 0 Å². The second-order valence-electron chi connectivity index (χ2n) is 8.56. The second kappa shape index (κ2) is 9.72. The minimum Gasteiger partial charge on any atom is -0.548 e. The number of aliphatic carboxylic acids is 1. The average Bonchev–Trinajstić information content (AvgIpc) is 3.04. The lowest BCUT2D eigenvalue weighted by atomic mass is 9.98. The van der Waals surface area contributed by atoms with Crippen LogP contribution in [0.1, 0.15) is 44.2 Å². The van der Waals surface area contributed by atoms with Crippen molar-refractivity contribution in [3.8, 4) is 11.1 Å². The molecule has 0 spiro atoms. The lowest BCUT2D eigenvalue weighted by Crippen LogP contribution is -2.49. The number of carbonyl (C=O) groups excluding carboxylic acids is 3. The largest absolute Gasteiger partial charge is 0.548 e. The zero-order valence-electron chi connectivity index (χ0n) is 18.3. The van der Waals surface area contributed by atoms with Crippen LogP contribution < -0.4 is 15.7 Å². The molecule has 2 aromatic rings. The first-order valence-corrected chi connectivity index (χ1v) is 10.4. The number of benzene rings is 2. The highest BCUT2D eigenvalue weighted by atomic mass is 16.6. The van der Waals surface area contributed by atoms with Gasteiger partial charge in [0.2, 0.25) is 0 Å². The van der Waals surface area contributed by atoms with Crippen molar-refractivity contribution in [2.45, 2.75) is 44.8 Å². The van der Waals surface area contributed by atoms with Crippen LogP contribution in [0.5, 0.6) is 0 Å². The van der Waals surface area contributed by atoms with Crippen molar-refractivity contribution in [1.82, 2.24) is 10.6 Å². The van der Waals surface area contributed by atoms with E-state index in [4.69, 9.17) is 9.47 Å². The van der Waals surface area contributed by atoms with Gasteiger partial charge in [0.25, 0.3) is 0 Å². The first kappa shape index (κ1) is 23.1. The van der Waals surface area contributed by atoms with Crippen LogP contribution in [0.15, 0.2) is 48.5 Å². The standard InChI is InChI=1S/C24H28N2O6/c1-24(2,3)32-22(29)25-13-12-20(21(27)28)26-23(30)31-14-19-17-10-6-4-8-15(17)16-9-5-7-11-18(16)19/h4-11,19-20H,12-14H2,1-3H3,(H,25,29)(H,26,30)(H,27,28)/p-1/t20-/m1/s1. The van der Waals surface area contributed by atoms with Gasteiger partial charge in [-0.25, -0.2) is 9.59 Å². The third-order valence-electron chi connectivity index (χ3n) is 5.02. The Morgan fingerprint density at radius 3 is 2.06 bits per heavy atom. The Balaban J connectivity index is 1.54. The molecule has 2 amide bonds. The summed E-state index contributed by atoms with van der Waals surface area (Å²) in [5.41, 5.74) is 3.63. The Kier molecular flexibility index (Phi) is 7.02. The zero-order valence-corrected chi connectivity index (χ0v) is 18.3. The molecular formula is C24H27N2O6-. The predicted molar refractivity (Wildman–Crippen MR) is 116 cm³/mol. The van der Waals surface area contributed by atoms with Gasteiger partial charge in [-0.1, -0.05) is 48.5 Å². The first-order valence-electron chi connectivity index (χ1n) is 10.4. The minimum absolute atomic E-state index is 0.0167. The molecule has 2 N–H and O–H groups in total. The van der Waals surface area contributed by atoms with Crippen LogP contribution in [0.4, 0.5) is 9.59 Å². The van der Waals surface area contributed by atoms with Crippen molar-refractivity contribution in [3.05, 3.63) is 59.7 Å². The SMILES string of the molecule is CC(C)(C)OC(=O)NCC[C@@H](NC(=O)OCC1c2ccccc2-c2ccccc21)C(=O)[O-]. The van der Waals surface area contributed by atoms with Gasteiger partial charge in [0.05, 0.1) is 12.0 Å². The maximum absolute atomic E-state index is 12.3. The summed E-state index contributed by atoms with van der Waals surface area (Å²) in [4.78, 5) is 35.4. The van der Waals surface area contributed by atoms with Gasteiger partial charge in [0.1, 0.15) is 12.2 Å². The van der Waals surface area contributed by atoms with E-state index in [-0.39, 0.29) is 25.5 Å². The number of rotatable bonds is 7. The molecule has 170 valence electrons. The molecule has 0 saturated heterocycles. The van der Waals surface area contributed by atoms with E-state index in [9.17, 15) is 19.5 Å². The molecule has 0 fully saturated rings. The number of carboxylic acid groups (broad SMARTS) is 1. The van der Waals surface area contributed by atoms with E-state index in [2.05, 4.69) is 10.6 Å². The third-order valence-corrected chi connectivity index (χ3v) is 5.02. The lowest BCUT2D eigenvalue weighted by Gasteiger charge is -2.22. The van der Waals surface area contributed by atoms with Crippen molar-refractivity contribution in [2.24, 2.45) is 0 Å². The van der Waals surface area contributed by atoms with Crippen LogP contribution in [0.25, 0.3) is 11.1 Å². The number of nitrogens with one attached hydrogen (secondary N) is 2. The molecule has 1 atom stereocenters. The van der Waals surface area contributed by atoms with Gasteiger partial charge < -0.3 is 30.0 Å². The summed E-state index contributed by atoms with van der Waals surface area (Å²) in [6, 6.07) is 14.5. The smallest absolute Gasteiger partial charge is 0.407 e. The van der Waals surface area contributed by atoms with E-state index in [1.807, 2.05) is 48.5 Å². The number of alkyl carbamates (subject to hydrolysis) is 2. The lowest BCUT2D eigenvalue weighted by molar-refractivity contribution is -0.308. The van der Waals surface area contributed by atoms with Crippen LogP contribution in [0.3, 0.4) is 0 Å². The molecule has 8 heteroatoms. The summed E-state index contributed by atoms with van der Waals surface area (Å²) in [5, 5.41) is 16.1.